The second-order valence-electron chi connectivity index (χ2n) is 12.8. The number of nitrogens with zero attached hydrogens (tertiary/aromatic N) is 2. The van der Waals surface area contributed by atoms with Crippen LogP contribution in [0.25, 0.3) is 6.08 Å². The second-order valence-corrected chi connectivity index (χ2v) is 12.8. The standard InChI is InChI=1S/C33H38F6N2O6/c1-30(2,3)46-28(43)14-15-40(29(44)47-31(4,5)6)20-27(42)41-16-13-22-18-24(11-12-26(22)41)45-17-7-8-21-9-10-23(32(34,35)36)19-25(21)33(37,38)39/h7-12,18-19H,13-17,20H2,1-6H3. The van der Waals surface area contributed by atoms with E-state index in [4.69, 9.17) is 14.2 Å². The zero-order valence-electron chi connectivity index (χ0n) is 27.0. The number of amides is 2. The molecule has 0 N–H and O–H groups in total. The molecule has 0 radical (unpaired) electrons. The van der Waals surface area contributed by atoms with Crippen LogP contribution in [0.5, 0.6) is 5.75 Å². The summed E-state index contributed by atoms with van der Waals surface area (Å²) in [6, 6.07) is 6.27. The number of benzene rings is 2. The van der Waals surface area contributed by atoms with Crippen molar-refractivity contribution in [3.05, 3.63) is 64.7 Å². The largest absolute Gasteiger partial charge is 0.490 e. The maximum absolute atomic E-state index is 13.4. The van der Waals surface area contributed by atoms with E-state index in [1.807, 2.05) is 0 Å². The Balaban J connectivity index is 1.67. The summed E-state index contributed by atoms with van der Waals surface area (Å²) >= 11 is 0. The van der Waals surface area contributed by atoms with E-state index in [-0.39, 0.29) is 32.2 Å². The predicted molar refractivity (Wildman–Crippen MR) is 162 cm³/mol. The Labute approximate surface area is 269 Å². The lowest BCUT2D eigenvalue weighted by atomic mass is 10.0. The molecule has 258 valence electrons. The number of carbonyl (C=O) groups is 3. The molecule has 2 aromatic rings. The van der Waals surface area contributed by atoms with Gasteiger partial charge >= 0.3 is 24.4 Å². The van der Waals surface area contributed by atoms with E-state index in [0.717, 1.165) is 22.6 Å². The quantitative estimate of drug-likeness (QED) is 0.201. The summed E-state index contributed by atoms with van der Waals surface area (Å²) in [4.78, 5) is 41.2. The van der Waals surface area contributed by atoms with E-state index < -0.39 is 58.2 Å². The zero-order valence-corrected chi connectivity index (χ0v) is 27.0. The van der Waals surface area contributed by atoms with Crippen molar-refractivity contribution in [2.75, 3.05) is 31.1 Å². The first kappa shape index (κ1) is 37.2. The molecule has 1 heterocycles. The van der Waals surface area contributed by atoms with Crippen molar-refractivity contribution < 1.29 is 54.9 Å². The molecule has 2 amide bonds. The molecule has 0 saturated carbocycles. The molecule has 2 aromatic carbocycles. The zero-order chi connectivity index (χ0) is 35.4. The number of hydrogen-bond donors (Lipinski definition) is 0. The maximum atomic E-state index is 13.4. The van der Waals surface area contributed by atoms with E-state index in [1.54, 1.807) is 59.7 Å². The highest BCUT2D eigenvalue weighted by atomic mass is 19.4. The van der Waals surface area contributed by atoms with Crippen LogP contribution < -0.4 is 9.64 Å². The lowest BCUT2D eigenvalue weighted by molar-refractivity contribution is -0.155. The third-order valence-corrected chi connectivity index (χ3v) is 6.56. The Morgan fingerprint density at radius 1 is 0.872 bits per heavy atom. The molecule has 0 spiro atoms. The van der Waals surface area contributed by atoms with Crippen molar-refractivity contribution in [2.45, 2.75) is 77.9 Å². The number of rotatable bonds is 9. The molecule has 1 aliphatic heterocycles. The van der Waals surface area contributed by atoms with Gasteiger partial charge in [-0.25, -0.2) is 4.79 Å². The number of hydrogen-bond acceptors (Lipinski definition) is 6. The molecule has 3 rings (SSSR count). The van der Waals surface area contributed by atoms with E-state index in [0.29, 0.717) is 30.5 Å². The van der Waals surface area contributed by atoms with Gasteiger partial charge in [0.05, 0.1) is 17.5 Å². The molecular formula is C33H38F6N2O6. The summed E-state index contributed by atoms with van der Waals surface area (Å²) in [7, 11) is 0. The first-order chi connectivity index (χ1) is 21.5. The SMILES string of the molecule is CC(C)(C)OC(=O)CCN(CC(=O)N1CCc2cc(OCC=Cc3ccc(C(F)(F)F)cc3C(F)(F)F)ccc21)C(=O)OC(C)(C)C. The van der Waals surface area contributed by atoms with Gasteiger partial charge in [-0.1, -0.05) is 12.1 Å². The van der Waals surface area contributed by atoms with Crippen LogP contribution in [-0.4, -0.2) is 60.3 Å². The highest BCUT2D eigenvalue weighted by Crippen LogP contribution is 2.38. The first-order valence-electron chi connectivity index (χ1n) is 14.7. The Morgan fingerprint density at radius 2 is 1.53 bits per heavy atom. The third-order valence-electron chi connectivity index (χ3n) is 6.56. The van der Waals surface area contributed by atoms with Crippen LogP contribution in [0.2, 0.25) is 0 Å². The van der Waals surface area contributed by atoms with Crippen molar-refractivity contribution in [1.82, 2.24) is 4.90 Å². The average molecular weight is 673 g/mol. The molecule has 0 aromatic heterocycles. The highest BCUT2D eigenvalue weighted by Gasteiger charge is 2.38. The van der Waals surface area contributed by atoms with Gasteiger partial charge in [0.25, 0.3) is 0 Å². The molecule has 14 heteroatoms. The smallest absolute Gasteiger partial charge is 0.417 e. The lowest BCUT2D eigenvalue weighted by Crippen LogP contribution is -2.45. The van der Waals surface area contributed by atoms with Gasteiger partial charge in [-0.05, 0) is 95.5 Å². The second kappa shape index (κ2) is 14.3. The van der Waals surface area contributed by atoms with E-state index in [9.17, 15) is 40.7 Å². The fourth-order valence-corrected chi connectivity index (χ4v) is 4.60. The van der Waals surface area contributed by atoms with Crippen molar-refractivity contribution >= 4 is 29.7 Å². The molecule has 0 unspecified atom stereocenters. The van der Waals surface area contributed by atoms with Crippen molar-refractivity contribution in [3.63, 3.8) is 0 Å². The summed E-state index contributed by atoms with van der Waals surface area (Å²) in [5, 5.41) is 0. The van der Waals surface area contributed by atoms with Crippen LogP contribution in [0.4, 0.5) is 36.8 Å². The van der Waals surface area contributed by atoms with Gasteiger partial charge in [0.1, 0.15) is 30.1 Å². The Bertz CT molecular complexity index is 1490. The highest BCUT2D eigenvalue weighted by molar-refractivity contribution is 5.98. The van der Waals surface area contributed by atoms with Crippen LogP contribution in [0.1, 0.15) is 70.2 Å². The number of anilines is 1. The van der Waals surface area contributed by atoms with E-state index in [2.05, 4.69) is 0 Å². The van der Waals surface area contributed by atoms with Gasteiger partial charge in [0.2, 0.25) is 5.91 Å². The van der Waals surface area contributed by atoms with Crippen LogP contribution in [0, 0.1) is 0 Å². The third kappa shape index (κ3) is 11.2. The fraction of sp³-hybridized carbons (Fsp3) is 0.485. The number of carbonyl (C=O) groups excluding carboxylic acids is 3. The molecule has 1 aliphatic rings. The van der Waals surface area contributed by atoms with E-state index in [1.165, 1.54) is 11.0 Å². The Kier molecular flexibility index (Phi) is 11.3. The predicted octanol–water partition coefficient (Wildman–Crippen LogP) is 7.67. The number of esters is 1. The molecule has 0 aliphatic carbocycles. The van der Waals surface area contributed by atoms with Gasteiger partial charge in [0.15, 0.2) is 0 Å². The summed E-state index contributed by atoms with van der Waals surface area (Å²) in [6.07, 6.45) is -8.07. The number of fused-ring (bicyclic) bond motifs is 1. The Hall–Kier alpha value is -4.23. The van der Waals surface area contributed by atoms with Crippen LogP contribution >= 0.6 is 0 Å². The Morgan fingerprint density at radius 3 is 2.13 bits per heavy atom. The summed E-state index contributed by atoms with van der Waals surface area (Å²) < 4.78 is 95.3. The molecule has 8 nitrogen and oxygen atoms in total. The monoisotopic (exact) mass is 672 g/mol. The van der Waals surface area contributed by atoms with Crippen molar-refractivity contribution in [1.29, 1.82) is 0 Å². The van der Waals surface area contributed by atoms with Gasteiger partial charge in [-0.15, -0.1) is 0 Å². The van der Waals surface area contributed by atoms with Gasteiger partial charge in [0, 0.05) is 18.8 Å². The fourth-order valence-electron chi connectivity index (χ4n) is 4.60. The lowest BCUT2D eigenvalue weighted by Gasteiger charge is -2.29. The van der Waals surface area contributed by atoms with Crippen molar-refractivity contribution in [3.8, 4) is 5.75 Å². The average Bonchev–Trinajstić information content (AvgIpc) is 3.33. The van der Waals surface area contributed by atoms with Gasteiger partial charge in [-0.2, -0.15) is 26.3 Å². The molecule has 0 saturated heterocycles. The maximum Gasteiger partial charge on any atom is 0.417 e. The van der Waals surface area contributed by atoms with Gasteiger partial charge < -0.3 is 19.1 Å². The minimum atomic E-state index is -4.99. The molecule has 0 atom stereocenters. The van der Waals surface area contributed by atoms with Crippen LogP contribution in [-0.2, 0) is 37.8 Å². The molecule has 47 heavy (non-hydrogen) atoms. The first-order valence-corrected chi connectivity index (χ1v) is 14.7. The van der Waals surface area contributed by atoms with Crippen LogP contribution in [0.3, 0.4) is 0 Å². The molecular weight excluding hydrogens is 634 g/mol. The molecule has 0 fully saturated rings. The van der Waals surface area contributed by atoms with Gasteiger partial charge in [-0.3, -0.25) is 14.5 Å². The summed E-state index contributed by atoms with van der Waals surface area (Å²) in [6.45, 7) is 9.86. The number of ether oxygens (including phenoxy) is 3. The minimum Gasteiger partial charge on any atom is -0.490 e. The van der Waals surface area contributed by atoms with Crippen molar-refractivity contribution in [2.24, 2.45) is 0 Å². The minimum absolute atomic E-state index is 0.0713. The topological polar surface area (TPSA) is 85.4 Å². The summed E-state index contributed by atoms with van der Waals surface area (Å²) in [5.74, 6) is -0.584. The van der Waals surface area contributed by atoms with Crippen LogP contribution in [0.15, 0.2) is 42.5 Å². The van der Waals surface area contributed by atoms with E-state index >= 15 is 0 Å². The molecule has 0 bridgehead atoms. The number of alkyl halides is 6. The normalized spacial score (nSPS) is 13.8. The number of halogens is 6. The summed E-state index contributed by atoms with van der Waals surface area (Å²) in [5.41, 5.74) is -3.49.